The minimum atomic E-state index is 0.363. The van der Waals surface area contributed by atoms with Crippen LogP contribution in [0.4, 0.5) is 0 Å². The van der Waals surface area contributed by atoms with E-state index in [2.05, 4.69) is 30.6 Å². The van der Waals surface area contributed by atoms with Gasteiger partial charge in [0.1, 0.15) is 0 Å². The van der Waals surface area contributed by atoms with Gasteiger partial charge in [-0.3, -0.25) is 9.80 Å². The van der Waals surface area contributed by atoms with Crippen LogP contribution in [0.15, 0.2) is 0 Å². The van der Waals surface area contributed by atoms with Gasteiger partial charge in [-0.1, -0.05) is 290 Å². The van der Waals surface area contributed by atoms with Gasteiger partial charge in [0.25, 0.3) is 0 Å². The fourth-order valence-electron chi connectivity index (χ4n) is 36.6. The van der Waals surface area contributed by atoms with Crippen molar-refractivity contribution in [2.45, 2.75) is 447 Å². The lowest BCUT2D eigenvalue weighted by Gasteiger charge is -2.73. The highest BCUT2D eigenvalue weighted by atomic mass is 15.3. The summed E-state index contributed by atoms with van der Waals surface area (Å²) in [5, 5.41) is 0. The van der Waals surface area contributed by atoms with Gasteiger partial charge in [0.05, 0.1) is 0 Å². The number of hydrogen-bond donors (Lipinski definition) is 0. The summed E-state index contributed by atoms with van der Waals surface area (Å²) >= 11 is 0. The molecule has 0 bridgehead atoms. The van der Waals surface area contributed by atoms with Crippen LogP contribution in [-0.4, -0.2) is 52.8 Å². The van der Waals surface area contributed by atoms with Crippen LogP contribution in [0.2, 0.25) is 17.5 Å². The van der Waals surface area contributed by atoms with E-state index in [1.807, 2.05) is 0 Å². The van der Waals surface area contributed by atoms with Crippen LogP contribution in [-0.2, 0) is 0 Å². The van der Waals surface area contributed by atoms with Gasteiger partial charge < -0.3 is 0 Å². The molecule has 0 radical (unpaired) electrons. The lowest BCUT2D eigenvalue weighted by Crippen LogP contribution is -2.77. The highest BCUT2D eigenvalue weighted by Gasteiger charge is 2.70. The quantitative estimate of drug-likeness (QED) is 0.201. The van der Waals surface area contributed by atoms with Gasteiger partial charge >= 0.3 is 0 Å². The van der Waals surface area contributed by atoms with E-state index in [0.29, 0.717) is 5.41 Å². The van der Waals surface area contributed by atoms with E-state index in [0.717, 1.165) is 208 Å². The Hall–Kier alpha value is -0.0151. The predicted molar refractivity (Wildman–Crippen MR) is 418 cm³/mol. The van der Waals surface area contributed by atoms with Crippen LogP contribution in [0, 0.1) is 153 Å². The fraction of sp³-hybridized carbons (Fsp3) is 1.00. The van der Waals surface area contributed by atoms with Gasteiger partial charge in [0.2, 0.25) is 0 Å². The lowest BCUT2D eigenvalue weighted by atomic mass is 9.17. The van der Waals surface area contributed by atoms with Gasteiger partial charge in [-0.05, 0) is 274 Å². The molecule has 17 aliphatic carbocycles. The molecule has 2 nitrogen and oxygen atoms in total. The highest BCUT2D eigenvalue weighted by Crippen LogP contribution is 2.72. The molecular weight excluding hydrogens is 1190 g/mol. The molecule has 19 rings (SSSR count). The molecule has 23 unspecified atom stereocenters. The van der Waals surface area contributed by atoms with Crippen molar-refractivity contribution >= 4 is 6.71 Å². The summed E-state index contributed by atoms with van der Waals surface area (Å²) in [6.45, 7) is 9.58. The molecule has 0 N–H and O–H groups in total. The molecule has 2 saturated heterocycles. The molecule has 19 aliphatic rings. The standard InChI is InChI=1S/C96H159BN2/c1-96(2,3)74-60-89-93-90(61-74)99(95-83(67-38-21-9-22-39-67)56-73(64-32-15-6-16-33-64)57-84(95)68-40-23-10-24-41-68)88-53-49-71(75-50-51-80-78-45-26-43-69-42-25-44-77(91(69)78)79-47-27-46-76(75)92(79)80)59-86(88)97(93)85-58-70(62-28-11-4-12-29-62)48-52-87(85)98(89)94-81(65-34-17-7-18-35-65)54-72(63-30-13-5-14-31-63)55-82(94)66-36-19-8-20-37-66/h62-95H,4-61H2,1-3H3. The lowest BCUT2D eigenvalue weighted by molar-refractivity contribution is -0.160. The van der Waals surface area contributed by atoms with Crippen molar-refractivity contribution in [1.82, 2.24) is 9.80 Å². The fourth-order valence-corrected chi connectivity index (χ4v) is 36.6. The molecule has 23 atom stereocenters. The number of hydrogen-bond acceptors (Lipinski definition) is 2. The monoisotopic (exact) mass is 1350 g/mol. The average molecular weight is 1350 g/mol. The van der Waals surface area contributed by atoms with Crippen molar-refractivity contribution in [3.8, 4) is 0 Å². The Morgan fingerprint density at radius 3 is 0.929 bits per heavy atom. The Morgan fingerprint density at radius 2 is 0.525 bits per heavy atom. The maximum atomic E-state index is 4.00. The predicted octanol–water partition coefficient (Wildman–Crippen LogP) is 26.7. The summed E-state index contributed by atoms with van der Waals surface area (Å²) in [7, 11) is 0. The van der Waals surface area contributed by atoms with Crippen LogP contribution in [0.25, 0.3) is 0 Å². The zero-order valence-corrected chi connectivity index (χ0v) is 65.6. The summed E-state index contributed by atoms with van der Waals surface area (Å²) in [4.78, 5) is 7.97. The van der Waals surface area contributed by atoms with E-state index in [1.165, 1.54) is 6.42 Å². The van der Waals surface area contributed by atoms with Crippen LogP contribution in [0.5, 0.6) is 0 Å². The van der Waals surface area contributed by atoms with Gasteiger partial charge in [-0.15, -0.1) is 0 Å². The molecule has 0 amide bonds. The minimum absolute atomic E-state index is 0.363. The van der Waals surface area contributed by atoms with Gasteiger partial charge in [-0.25, -0.2) is 0 Å². The van der Waals surface area contributed by atoms with Crippen LogP contribution in [0.3, 0.4) is 0 Å². The van der Waals surface area contributed by atoms with E-state index in [1.54, 1.807) is 366 Å². The van der Waals surface area contributed by atoms with Crippen LogP contribution in [0.1, 0.15) is 393 Å². The van der Waals surface area contributed by atoms with Gasteiger partial charge in [0, 0.05) is 36.3 Å². The zero-order chi connectivity index (χ0) is 65.9. The second kappa shape index (κ2) is 30.1. The Kier molecular flexibility index (Phi) is 21.1. The maximum Gasteiger partial charge on any atom is 0.156 e. The molecule has 2 aliphatic heterocycles. The van der Waals surface area contributed by atoms with Crippen LogP contribution < -0.4 is 0 Å². The molecule has 17 saturated carbocycles. The van der Waals surface area contributed by atoms with E-state index >= 15 is 0 Å². The van der Waals surface area contributed by atoms with Crippen LogP contribution >= 0.6 is 0 Å². The summed E-state index contributed by atoms with van der Waals surface area (Å²) in [6, 6.07) is 5.20. The number of fused-ring (bicyclic) bond motifs is 6. The molecule has 0 aromatic heterocycles. The maximum absolute atomic E-state index is 4.00. The molecule has 0 aromatic carbocycles. The van der Waals surface area contributed by atoms with Crippen molar-refractivity contribution in [2.24, 2.45) is 153 Å². The Labute approximate surface area is 613 Å². The molecule has 3 heteroatoms. The van der Waals surface area contributed by atoms with Crippen molar-refractivity contribution in [3.63, 3.8) is 0 Å². The second-order valence-corrected chi connectivity index (χ2v) is 44.5. The molecule has 19 fully saturated rings. The number of nitrogens with zero attached hydrogens (tertiary/aromatic N) is 2. The zero-order valence-electron chi connectivity index (χ0n) is 65.6. The second-order valence-electron chi connectivity index (χ2n) is 44.5. The van der Waals surface area contributed by atoms with Gasteiger partial charge in [-0.2, -0.15) is 0 Å². The highest BCUT2D eigenvalue weighted by molar-refractivity contribution is 6.65. The van der Waals surface area contributed by atoms with E-state index < -0.39 is 0 Å². The summed E-state index contributed by atoms with van der Waals surface area (Å²) in [5.41, 5.74) is 0.363. The Bertz CT molecular complexity index is 2490. The summed E-state index contributed by atoms with van der Waals surface area (Å²) < 4.78 is 0. The topological polar surface area (TPSA) is 6.48 Å². The first-order chi connectivity index (χ1) is 48.8. The molecule has 0 aromatic rings. The van der Waals surface area contributed by atoms with E-state index in [4.69, 9.17) is 0 Å². The van der Waals surface area contributed by atoms with E-state index in [9.17, 15) is 0 Å². The third-order valence-corrected chi connectivity index (χ3v) is 40.1. The van der Waals surface area contributed by atoms with Gasteiger partial charge in [0.15, 0.2) is 6.71 Å². The van der Waals surface area contributed by atoms with Crippen molar-refractivity contribution in [1.29, 1.82) is 0 Å². The molecule has 556 valence electrons. The first-order valence-corrected chi connectivity index (χ1v) is 48.3. The van der Waals surface area contributed by atoms with Crippen molar-refractivity contribution in [3.05, 3.63) is 0 Å². The first kappa shape index (κ1) is 69.4. The minimum Gasteiger partial charge on any atom is -0.295 e. The first-order valence-electron chi connectivity index (χ1n) is 48.3. The Morgan fingerprint density at radius 1 is 0.212 bits per heavy atom. The largest absolute Gasteiger partial charge is 0.295 e. The summed E-state index contributed by atoms with van der Waals surface area (Å²) in [6.07, 6.45) is 92.8. The molecule has 99 heavy (non-hydrogen) atoms. The SMILES string of the molecule is CC(C)(C)C1CC2C3B(C4CC(C5CCCCC5)CCC4N2C2C(C4CCCCC4)CC(C4CCCCC4)CC2C2CCCCC2)C2CC(C4CCC5C6CCCC7CCCC(C8CCCC4C85)C76)CCC2N(C2C(C4CCCCC4)CC(C4CCCCC4)CC2C2CCCCC2)C3C1. The third-order valence-electron chi connectivity index (χ3n) is 40.1. The average Bonchev–Trinajstić information content (AvgIpc) is 0.688. The smallest absolute Gasteiger partial charge is 0.156 e. The third kappa shape index (κ3) is 13.1. The van der Waals surface area contributed by atoms with Crippen molar-refractivity contribution < 1.29 is 0 Å². The van der Waals surface area contributed by atoms with Crippen molar-refractivity contribution in [2.75, 3.05) is 0 Å². The number of rotatable bonds is 10. The Balaban J connectivity index is 0.778. The molecule has 0 spiro atoms. The molecular formula is C96H159BN2. The molecule has 2 heterocycles. The summed E-state index contributed by atoms with van der Waals surface area (Å²) in [5.74, 6) is 29.0. The normalized spacial score (nSPS) is 49.4. The van der Waals surface area contributed by atoms with E-state index in [-0.39, 0.29) is 0 Å².